The lowest BCUT2D eigenvalue weighted by molar-refractivity contribution is 0.0998. The molecule has 0 saturated heterocycles. The van der Waals surface area contributed by atoms with Gasteiger partial charge in [0.15, 0.2) is 5.78 Å². The van der Waals surface area contributed by atoms with Crippen LogP contribution in [-0.4, -0.2) is 17.4 Å². The van der Waals surface area contributed by atoms with E-state index in [9.17, 15) is 9.90 Å². The number of hydrogen-bond donors (Lipinski definition) is 2. The summed E-state index contributed by atoms with van der Waals surface area (Å²) in [7, 11) is 0. The van der Waals surface area contributed by atoms with Crippen LogP contribution in [0.4, 0.5) is 0 Å². The highest BCUT2D eigenvalue weighted by Crippen LogP contribution is 2.30. The van der Waals surface area contributed by atoms with E-state index >= 15 is 0 Å². The molecular formula is C9H10BrNO2. The lowest BCUT2D eigenvalue weighted by Crippen LogP contribution is -2.15. The molecule has 4 heteroatoms. The van der Waals surface area contributed by atoms with Gasteiger partial charge in [0.05, 0.1) is 16.6 Å². The number of benzene rings is 1. The van der Waals surface area contributed by atoms with Crippen molar-refractivity contribution < 1.29 is 9.90 Å². The Morgan fingerprint density at radius 1 is 1.62 bits per heavy atom. The molecule has 1 aromatic rings. The van der Waals surface area contributed by atoms with Gasteiger partial charge in [0.2, 0.25) is 0 Å². The van der Waals surface area contributed by atoms with Crippen LogP contribution >= 0.6 is 15.9 Å². The quantitative estimate of drug-likeness (QED) is 0.776. The van der Waals surface area contributed by atoms with Gasteiger partial charge in [-0.15, -0.1) is 0 Å². The van der Waals surface area contributed by atoms with Crippen LogP contribution in [0.15, 0.2) is 16.6 Å². The summed E-state index contributed by atoms with van der Waals surface area (Å²) in [5.74, 6) is -0.285. The van der Waals surface area contributed by atoms with E-state index < -0.39 is 0 Å². The maximum absolute atomic E-state index is 11.3. The Labute approximate surface area is 84.7 Å². The molecule has 13 heavy (non-hydrogen) atoms. The van der Waals surface area contributed by atoms with Crippen LogP contribution in [0.2, 0.25) is 0 Å². The van der Waals surface area contributed by atoms with E-state index in [2.05, 4.69) is 15.9 Å². The fraction of sp³-hybridized carbons (Fsp3) is 0.222. The zero-order valence-corrected chi connectivity index (χ0v) is 8.76. The third-order valence-corrected chi connectivity index (χ3v) is 2.44. The number of carbonyl (C=O) groups is 1. The fourth-order valence-corrected chi connectivity index (χ4v) is 1.45. The summed E-state index contributed by atoms with van der Waals surface area (Å²) in [6, 6.07) is 3.45. The largest absolute Gasteiger partial charge is 0.506 e. The van der Waals surface area contributed by atoms with Crippen LogP contribution < -0.4 is 5.73 Å². The number of hydrogen-bond acceptors (Lipinski definition) is 3. The van der Waals surface area contributed by atoms with E-state index in [0.29, 0.717) is 10.0 Å². The molecule has 3 N–H and O–H groups in total. The average molecular weight is 244 g/mol. The summed E-state index contributed by atoms with van der Waals surface area (Å²) < 4.78 is 0.509. The Balaban J connectivity index is 3.33. The monoisotopic (exact) mass is 243 g/mol. The van der Waals surface area contributed by atoms with Crippen LogP contribution in [0.3, 0.4) is 0 Å². The molecule has 0 bridgehead atoms. The standard InChI is InChI=1S/C9H10BrNO2/c1-5-2-3-6(10)9(13)8(5)7(12)4-11/h2-3,13H,4,11H2,1H3. The molecule has 0 heterocycles. The second-order valence-corrected chi connectivity index (χ2v) is 3.57. The molecule has 0 aliphatic rings. The Morgan fingerprint density at radius 2 is 2.23 bits per heavy atom. The second kappa shape index (κ2) is 3.89. The van der Waals surface area contributed by atoms with E-state index in [1.54, 1.807) is 19.1 Å². The summed E-state index contributed by atoms with van der Waals surface area (Å²) in [5.41, 5.74) is 6.25. The van der Waals surface area contributed by atoms with Crippen molar-refractivity contribution in [3.05, 3.63) is 27.7 Å². The van der Waals surface area contributed by atoms with Gasteiger partial charge < -0.3 is 10.8 Å². The molecule has 0 atom stereocenters. The topological polar surface area (TPSA) is 63.3 Å². The number of Topliss-reactive ketones (excluding diaryl/α,β-unsaturated/α-hetero) is 1. The van der Waals surface area contributed by atoms with Gasteiger partial charge in [-0.05, 0) is 34.5 Å². The van der Waals surface area contributed by atoms with Crippen LogP contribution in [0, 0.1) is 6.92 Å². The van der Waals surface area contributed by atoms with Crippen LogP contribution in [0.5, 0.6) is 5.75 Å². The number of carbonyl (C=O) groups excluding carboxylic acids is 1. The predicted molar refractivity (Wildman–Crippen MR) is 53.9 cm³/mol. The van der Waals surface area contributed by atoms with Crippen molar-refractivity contribution in [1.29, 1.82) is 0 Å². The minimum absolute atomic E-state index is 0.0320. The van der Waals surface area contributed by atoms with Crippen molar-refractivity contribution in [2.24, 2.45) is 5.73 Å². The summed E-state index contributed by atoms with van der Waals surface area (Å²) in [4.78, 5) is 11.3. The first-order valence-electron chi connectivity index (χ1n) is 3.79. The zero-order chi connectivity index (χ0) is 10.0. The molecule has 0 aliphatic carbocycles. The number of ketones is 1. The van der Waals surface area contributed by atoms with Gasteiger partial charge in [-0.1, -0.05) is 6.07 Å². The lowest BCUT2D eigenvalue weighted by atomic mass is 10.0. The van der Waals surface area contributed by atoms with Crippen molar-refractivity contribution in [2.45, 2.75) is 6.92 Å². The molecule has 3 nitrogen and oxygen atoms in total. The van der Waals surface area contributed by atoms with Gasteiger partial charge in [0.25, 0.3) is 0 Å². The Morgan fingerprint density at radius 3 is 2.77 bits per heavy atom. The smallest absolute Gasteiger partial charge is 0.180 e. The van der Waals surface area contributed by atoms with Gasteiger partial charge in [-0.3, -0.25) is 4.79 Å². The van der Waals surface area contributed by atoms with Gasteiger partial charge in [0, 0.05) is 0 Å². The van der Waals surface area contributed by atoms with E-state index in [-0.39, 0.29) is 18.1 Å². The van der Waals surface area contributed by atoms with Crippen molar-refractivity contribution in [1.82, 2.24) is 0 Å². The predicted octanol–water partition coefficient (Wildman–Crippen LogP) is 1.60. The number of phenols is 1. The van der Waals surface area contributed by atoms with E-state index in [4.69, 9.17) is 5.73 Å². The number of phenolic OH excluding ortho intramolecular Hbond substituents is 1. The number of halogens is 1. The van der Waals surface area contributed by atoms with Crippen LogP contribution in [-0.2, 0) is 0 Å². The Bertz CT molecular complexity index is 350. The zero-order valence-electron chi connectivity index (χ0n) is 7.17. The minimum atomic E-state index is -0.253. The minimum Gasteiger partial charge on any atom is -0.506 e. The number of nitrogens with two attached hydrogens (primary N) is 1. The highest BCUT2D eigenvalue weighted by atomic mass is 79.9. The maximum Gasteiger partial charge on any atom is 0.180 e. The summed E-state index contributed by atoms with van der Waals surface area (Å²) in [6.07, 6.45) is 0. The molecule has 1 rings (SSSR count). The third-order valence-electron chi connectivity index (χ3n) is 1.80. The summed E-state index contributed by atoms with van der Waals surface area (Å²) in [6.45, 7) is 1.67. The van der Waals surface area contributed by atoms with Gasteiger partial charge >= 0.3 is 0 Å². The molecule has 0 spiro atoms. The van der Waals surface area contributed by atoms with Crippen LogP contribution in [0.25, 0.3) is 0 Å². The first kappa shape index (κ1) is 10.2. The maximum atomic E-state index is 11.3. The molecule has 0 aromatic heterocycles. The van der Waals surface area contributed by atoms with Gasteiger partial charge in [-0.25, -0.2) is 0 Å². The van der Waals surface area contributed by atoms with Crippen molar-refractivity contribution in [3.8, 4) is 5.75 Å². The third kappa shape index (κ3) is 1.89. The summed E-state index contributed by atoms with van der Waals surface area (Å²) >= 11 is 3.13. The molecule has 70 valence electrons. The van der Waals surface area contributed by atoms with Gasteiger partial charge in [0.1, 0.15) is 5.75 Å². The number of rotatable bonds is 2. The van der Waals surface area contributed by atoms with E-state index in [1.807, 2.05) is 0 Å². The molecule has 0 amide bonds. The van der Waals surface area contributed by atoms with E-state index in [0.717, 1.165) is 5.56 Å². The Hall–Kier alpha value is -0.870. The number of aryl methyl sites for hydroxylation is 1. The average Bonchev–Trinajstić information content (AvgIpc) is 2.12. The molecule has 1 aromatic carbocycles. The van der Waals surface area contributed by atoms with E-state index in [1.165, 1.54) is 0 Å². The second-order valence-electron chi connectivity index (χ2n) is 2.72. The first-order chi connectivity index (χ1) is 6.07. The highest BCUT2D eigenvalue weighted by Gasteiger charge is 2.14. The normalized spacial score (nSPS) is 10.1. The summed E-state index contributed by atoms with van der Waals surface area (Å²) in [5, 5.41) is 9.56. The van der Waals surface area contributed by atoms with Crippen LogP contribution in [0.1, 0.15) is 15.9 Å². The van der Waals surface area contributed by atoms with Crippen molar-refractivity contribution in [3.63, 3.8) is 0 Å². The molecular weight excluding hydrogens is 234 g/mol. The molecule has 0 radical (unpaired) electrons. The Kier molecular flexibility index (Phi) is 3.06. The highest BCUT2D eigenvalue weighted by molar-refractivity contribution is 9.10. The SMILES string of the molecule is Cc1ccc(Br)c(O)c1C(=O)CN. The molecule has 0 unspecified atom stereocenters. The number of aromatic hydroxyl groups is 1. The first-order valence-corrected chi connectivity index (χ1v) is 4.58. The molecule has 0 saturated carbocycles. The lowest BCUT2D eigenvalue weighted by Gasteiger charge is -2.07. The molecule has 0 fully saturated rings. The van der Waals surface area contributed by atoms with Gasteiger partial charge in [-0.2, -0.15) is 0 Å². The van der Waals surface area contributed by atoms with Crippen molar-refractivity contribution in [2.75, 3.05) is 6.54 Å². The molecule has 0 aliphatic heterocycles. The fourth-order valence-electron chi connectivity index (χ4n) is 1.12. The van der Waals surface area contributed by atoms with Crippen molar-refractivity contribution >= 4 is 21.7 Å².